The third-order valence-corrected chi connectivity index (χ3v) is 5.54. The molecule has 1 aromatic rings. The van der Waals surface area contributed by atoms with Crippen LogP contribution < -0.4 is 10.1 Å². The van der Waals surface area contributed by atoms with E-state index >= 15 is 0 Å². The summed E-state index contributed by atoms with van der Waals surface area (Å²) < 4.78 is 10.4. The Kier molecular flexibility index (Phi) is 7.33. The van der Waals surface area contributed by atoms with Gasteiger partial charge in [-0.2, -0.15) is 0 Å². The van der Waals surface area contributed by atoms with Gasteiger partial charge in [0.1, 0.15) is 11.3 Å². The summed E-state index contributed by atoms with van der Waals surface area (Å²) in [5, 5.41) is 3.43. The molecule has 0 saturated heterocycles. The Morgan fingerprint density at radius 1 is 1.27 bits per heavy atom. The molecule has 1 saturated carbocycles. The van der Waals surface area contributed by atoms with Gasteiger partial charge in [-0.05, 0) is 56.2 Å². The van der Waals surface area contributed by atoms with Gasteiger partial charge in [0.15, 0.2) is 0 Å². The van der Waals surface area contributed by atoms with Crippen LogP contribution in [0.2, 0.25) is 5.02 Å². The van der Waals surface area contributed by atoms with Gasteiger partial charge < -0.3 is 14.8 Å². The number of nitrogens with one attached hydrogen (secondary N) is 1. The second-order valence-electron chi connectivity index (χ2n) is 6.84. The van der Waals surface area contributed by atoms with Crippen LogP contribution in [0.3, 0.4) is 0 Å². The number of carbonyl (C=O) groups is 2. The van der Waals surface area contributed by atoms with Crippen LogP contribution >= 0.6 is 11.6 Å². The highest BCUT2D eigenvalue weighted by atomic mass is 35.5. The number of halogens is 1. The fourth-order valence-electron chi connectivity index (χ4n) is 3.51. The summed E-state index contributed by atoms with van der Waals surface area (Å²) in [7, 11) is 1.56. The number of esters is 1. The lowest BCUT2D eigenvalue weighted by atomic mass is 9.75. The Hall–Kier alpha value is -1.75. The van der Waals surface area contributed by atoms with Gasteiger partial charge in [-0.25, -0.2) is 4.79 Å². The van der Waals surface area contributed by atoms with E-state index in [1.807, 2.05) is 0 Å². The Morgan fingerprint density at radius 2 is 1.96 bits per heavy atom. The number of carbonyl (C=O) groups excluding carboxylic acids is 2. The number of methoxy groups -OCH3 is 1. The summed E-state index contributed by atoms with van der Waals surface area (Å²) in [6, 6.07) is 5.21. The number of hydrogen-bond donors (Lipinski definition) is 1. The molecule has 0 aromatic heterocycles. The number of benzene rings is 1. The largest absolute Gasteiger partial charge is 0.497 e. The zero-order valence-electron chi connectivity index (χ0n) is 15.8. The topological polar surface area (TPSA) is 64.6 Å². The summed E-state index contributed by atoms with van der Waals surface area (Å²) >= 11 is 6.23. The Balaban J connectivity index is 2.10. The second-order valence-corrected chi connectivity index (χ2v) is 7.24. The molecular weight excluding hydrogens is 354 g/mol. The van der Waals surface area contributed by atoms with E-state index in [1.165, 1.54) is 0 Å². The van der Waals surface area contributed by atoms with Gasteiger partial charge in [-0.15, -0.1) is 0 Å². The van der Waals surface area contributed by atoms with E-state index in [0.29, 0.717) is 41.7 Å². The zero-order valence-corrected chi connectivity index (χ0v) is 16.5. The van der Waals surface area contributed by atoms with E-state index in [4.69, 9.17) is 21.1 Å². The lowest BCUT2D eigenvalue weighted by Gasteiger charge is -2.38. The van der Waals surface area contributed by atoms with E-state index in [-0.39, 0.29) is 18.3 Å². The minimum absolute atomic E-state index is 0.112. The number of rotatable bonds is 7. The van der Waals surface area contributed by atoms with Crippen molar-refractivity contribution in [2.75, 3.05) is 13.7 Å². The molecule has 0 unspecified atom stereocenters. The van der Waals surface area contributed by atoms with Gasteiger partial charge in [-0.3, -0.25) is 4.79 Å². The Labute approximate surface area is 160 Å². The monoisotopic (exact) mass is 381 g/mol. The summed E-state index contributed by atoms with van der Waals surface area (Å²) in [6.45, 7) is 4.24. The molecule has 1 aliphatic carbocycles. The van der Waals surface area contributed by atoms with E-state index in [9.17, 15) is 9.59 Å². The highest BCUT2D eigenvalue weighted by Crippen LogP contribution is 2.35. The molecule has 5 nitrogen and oxygen atoms in total. The third kappa shape index (κ3) is 4.91. The smallest absolute Gasteiger partial charge is 0.331 e. The summed E-state index contributed by atoms with van der Waals surface area (Å²) in [6.07, 6.45) is 4.27. The predicted octanol–water partition coefficient (Wildman–Crippen LogP) is 3.91. The van der Waals surface area contributed by atoms with Gasteiger partial charge in [-0.1, -0.05) is 31.0 Å². The van der Waals surface area contributed by atoms with Crippen molar-refractivity contribution in [3.8, 4) is 5.75 Å². The number of amides is 1. The Morgan fingerprint density at radius 3 is 2.50 bits per heavy atom. The first-order valence-electron chi connectivity index (χ1n) is 9.24. The van der Waals surface area contributed by atoms with E-state index in [0.717, 1.165) is 19.3 Å². The van der Waals surface area contributed by atoms with Gasteiger partial charge in [0.05, 0.1) is 20.1 Å². The molecule has 26 heavy (non-hydrogen) atoms. The van der Waals surface area contributed by atoms with E-state index < -0.39 is 5.54 Å². The van der Waals surface area contributed by atoms with Crippen LogP contribution in [0, 0.1) is 5.92 Å². The molecule has 1 N–H and O–H groups in total. The lowest BCUT2D eigenvalue weighted by Crippen LogP contribution is -2.57. The molecule has 0 heterocycles. The SMILES string of the molecule is CCOC(=O)C1(NC(=O)Cc2ccc(OC)cc2Cl)CCC(CC)CC1. The summed E-state index contributed by atoms with van der Waals surface area (Å²) in [5.74, 6) is 0.689. The molecule has 1 fully saturated rings. The van der Waals surface area contributed by atoms with Crippen molar-refractivity contribution >= 4 is 23.5 Å². The van der Waals surface area contributed by atoms with E-state index in [1.54, 1.807) is 32.2 Å². The van der Waals surface area contributed by atoms with Crippen molar-refractivity contribution in [2.45, 2.75) is 57.9 Å². The minimum atomic E-state index is -0.919. The van der Waals surface area contributed by atoms with Crippen molar-refractivity contribution in [2.24, 2.45) is 5.92 Å². The standard InChI is InChI=1S/C20H28ClNO4/c1-4-14-8-10-20(11-9-14,19(24)26-5-2)22-18(23)12-15-6-7-16(25-3)13-17(15)21/h6-7,13-14H,4-5,8-12H2,1-3H3,(H,22,23). The van der Waals surface area contributed by atoms with E-state index in [2.05, 4.69) is 12.2 Å². The van der Waals surface area contributed by atoms with Crippen molar-refractivity contribution in [3.63, 3.8) is 0 Å². The van der Waals surface area contributed by atoms with Crippen LogP contribution in [-0.4, -0.2) is 31.1 Å². The van der Waals surface area contributed by atoms with Gasteiger partial charge in [0.25, 0.3) is 0 Å². The molecule has 144 valence electrons. The maximum Gasteiger partial charge on any atom is 0.331 e. The molecule has 0 spiro atoms. The van der Waals surface area contributed by atoms with Crippen LogP contribution in [-0.2, 0) is 20.7 Å². The maximum absolute atomic E-state index is 12.6. The zero-order chi connectivity index (χ0) is 19.2. The third-order valence-electron chi connectivity index (χ3n) is 5.19. The summed E-state index contributed by atoms with van der Waals surface area (Å²) in [4.78, 5) is 25.2. The van der Waals surface area contributed by atoms with Crippen molar-refractivity contribution < 1.29 is 19.1 Å². The molecular formula is C20H28ClNO4. The van der Waals surface area contributed by atoms with Crippen molar-refractivity contribution in [1.29, 1.82) is 0 Å². The molecule has 1 aromatic carbocycles. The molecule has 0 bridgehead atoms. The van der Waals surface area contributed by atoms with Crippen molar-refractivity contribution in [3.05, 3.63) is 28.8 Å². The quantitative estimate of drug-likeness (QED) is 0.727. The molecule has 0 radical (unpaired) electrons. The molecule has 1 aliphatic rings. The average molecular weight is 382 g/mol. The normalized spacial score (nSPS) is 22.5. The molecule has 1 amide bonds. The Bertz CT molecular complexity index is 639. The van der Waals surface area contributed by atoms with Crippen LogP contribution in [0.5, 0.6) is 5.75 Å². The predicted molar refractivity (Wildman–Crippen MR) is 101 cm³/mol. The highest BCUT2D eigenvalue weighted by Gasteiger charge is 2.44. The molecule has 0 aliphatic heterocycles. The van der Waals surface area contributed by atoms with Crippen LogP contribution in [0.4, 0.5) is 0 Å². The van der Waals surface area contributed by atoms with Crippen LogP contribution in [0.15, 0.2) is 18.2 Å². The minimum Gasteiger partial charge on any atom is -0.497 e. The molecule has 2 rings (SSSR count). The lowest BCUT2D eigenvalue weighted by molar-refractivity contribution is -0.155. The van der Waals surface area contributed by atoms with Crippen LogP contribution in [0.1, 0.15) is 51.5 Å². The summed E-state index contributed by atoms with van der Waals surface area (Å²) in [5.41, 5.74) is -0.219. The first-order valence-corrected chi connectivity index (χ1v) is 9.62. The van der Waals surface area contributed by atoms with Gasteiger partial charge in [0, 0.05) is 5.02 Å². The van der Waals surface area contributed by atoms with Gasteiger partial charge >= 0.3 is 5.97 Å². The first kappa shape index (κ1) is 20.6. The fourth-order valence-corrected chi connectivity index (χ4v) is 3.75. The first-order chi connectivity index (χ1) is 12.4. The highest BCUT2D eigenvalue weighted by molar-refractivity contribution is 6.31. The second kappa shape index (κ2) is 9.26. The number of hydrogen-bond acceptors (Lipinski definition) is 4. The maximum atomic E-state index is 12.6. The van der Waals surface area contributed by atoms with Crippen LogP contribution in [0.25, 0.3) is 0 Å². The fraction of sp³-hybridized carbons (Fsp3) is 0.600. The average Bonchev–Trinajstić information content (AvgIpc) is 2.64. The van der Waals surface area contributed by atoms with Gasteiger partial charge in [0.2, 0.25) is 5.91 Å². The molecule has 6 heteroatoms. The number of ether oxygens (including phenoxy) is 2. The van der Waals surface area contributed by atoms with Crippen molar-refractivity contribution in [1.82, 2.24) is 5.32 Å². The molecule has 0 atom stereocenters.